The van der Waals surface area contributed by atoms with Crippen molar-refractivity contribution in [1.29, 1.82) is 0 Å². The van der Waals surface area contributed by atoms with Crippen LogP contribution in [0.15, 0.2) is 18.2 Å². The van der Waals surface area contributed by atoms with Crippen molar-refractivity contribution >= 4 is 17.5 Å². The number of benzene rings is 1. The fraction of sp³-hybridized carbons (Fsp3) is 0.357. The molecule has 0 fully saturated rings. The van der Waals surface area contributed by atoms with Gasteiger partial charge in [0, 0.05) is 0 Å². The summed E-state index contributed by atoms with van der Waals surface area (Å²) in [5, 5.41) is 3.24. The highest BCUT2D eigenvalue weighted by molar-refractivity contribution is 6.33. The molecule has 0 saturated carbocycles. The molecule has 3 heteroatoms. The smallest absolute Gasteiger partial charge is 0.253 e. The Labute approximate surface area is 107 Å². The van der Waals surface area contributed by atoms with Crippen LogP contribution in [0.5, 0.6) is 0 Å². The second kappa shape index (κ2) is 6.32. The lowest BCUT2D eigenvalue weighted by Gasteiger charge is -2.12. The number of carbonyl (C=O) groups is 1. The summed E-state index contributed by atoms with van der Waals surface area (Å²) in [6.07, 6.45) is 7.05. The van der Waals surface area contributed by atoms with Gasteiger partial charge in [-0.05, 0) is 31.0 Å². The van der Waals surface area contributed by atoms with Gasteiger partial charge in [-0.25, -0.2) is 0 Å². The van der Waals surface area contributed by atoms with Crippen molar-refractivity contribution in [1.82, 2.24) is 5.32 Å². The van der Waals surface area contributed by atoms with Gasteiger partial charge in [0.05, 0.1) is 16.6 Å². The SMILES string of the molecule is C#CC(CCC)NC(=O)c1ccc(C)cc1Cl. The first-order valence-electron chi connectivity index (χ1n) is 5.61. The zero-order chi connectivity index (χ0) is 12.8. The summed E-state index contributed by atoms with van der Waals surface area (Å²) in [6, 6.07) is 5.10. The molecule has 0 aliphatic heterocycles. The van der Waals surface area contributed by atoms with Crippen LogP contribution in [0.3, 0.4) is 0 Å². The van der Waals surface area contributed by atoms with Crippen LogP contribution in [0.2, 0.25) is 5.02 Å². The summed E-state index contributed by atoms with van der Waals surface area (Å²) in [5.41, 5.74) is 1.49. The van der Waals surface area contributed by atoms with Crippen LogP contribution < -0.4 is 5.32 Å². The van der Waals surface area contributed by atoms with Gasteiger partial charge in [0.15, 0.2) is 0 Å². The molecule has 1 aromatic carbocycles. The fourth-order valence-electron chi connectivity index (χ4n) is 1.53. The molecule has 17 heavy (non-hydrogen) atoms. The first-order chi connectivity index (χ1) is 8.08. The number of aryl methyl sites for hydroxylation is 1. The minimum atomic E-state index is -0.232. The fourth-order valence-corrected chi connectivity index (χ4v) is 1.85. The van der Waals surface area contributed by atoms with Crippen molar-refractivity contribution in [3.63, 3.8) is 0 Å². The number of hydrogen-bond acceptors (Lipinski definition) is 1. The van der Waals surface area contributed by atoms with Crippen LogP contribution in [0, 0.1) is 19.3 Å². The molecule has 0 radical (unpaired) electrons. The standard InChI is InChI=1S/C14H16ClNO/c1-4-6-11(5-2)16-14(17)12-8-7-10(3)9-13(12)15/h2,7-9,11H,4,6H2,1,3H3,(H,16,17). The maximum absolute atomic E-state index is 11.9. The van der Waals surface area contributed by atoms with Gasteiger partial charge < -0.3 is 5.32 Å². The van der Waals surface area contributed by atoms with Gasteiger partial charge in [0.25, 0.3) is 5.91 Å². The summed E-state index contributed by atoms with van der Waals surface area (Å²) in [6.45, 7) is 3.95. The van der Waals surface area contributed by atoms with E-state index in [9.17, 15) is 4.79 Å². The predicted octanol–water partition coefficient (Wildman–Crippen LogP) is 3.18. The summed E-state index contributed by atoms with van der Waals surface area (Å²) in [4.78, 5) is 11.9. The van der Waals surface area contributed by atoms with Crippen molar-refractivity contribution < 1.29 is 4.79 Å². The van der Waals surface area contributed by atoms with E-state index >= 15 is 0 Å². The molecule has 1 N–H and O–H groups in total. The first-order valence-corrected chi connectivity index (χ1v) is 5.99. The van der Waals surface area contributed by atoms with E-state index < -0.39 is 0 Å². The summed E-state index contributed by atoms with van der Waals surface area (Å²) < 4.78 is 0. The van der Waals surface area contributed by atoms with E-state index in [0.29, 0.717) is 10.6 Å². The minimum Gasteiger partial charge on any atom is -0.338 e. The van der Waals surface area contributed by atoms with Gasteiger partial charge >= 0.3 is 0 Å². The van der Waals surface area contributed by atoms with Crippen LogP contribution in [0.25, 0.3) is 0 Å². The van der Waals surface area contributed by atoms with Crippen LogP contribution in [0.1, 0.15) is 35.7 Å². The molecule has 0 aromatic heterocycles. The first kappa shape index (κ1) is 13.6. The number of halogens is 1. The molecule has 0 bridgehead atoms. The number of hydrogen-bond donors (Lipinski definition) is 1. The van der Waals surface area contributed by atoms with E-state index in [1.165, 1.54) is 0 Å². The molecule has 2 nitrogen and oxygen atoms in total. The Morgan fingerprint density at radius 3 is 2.82 bits per heavy atom. The topological polar surface area (TPSA) is 29.1 Å². The van der Waals surface area contributed by atoms with Gasteiger partial charge in [-0.3, -0.25) is 4.79 Å². The van der Waals surface area contributed by atoms with Gasteiger partial charge in [-0.2, -0.15) is 0 Å². The highest BCUT2D eigenvalue weighted by atomic mass is 35.5. The number of carbonyl (C=O) groups excluding carboxylic acids is 1. The summed E-state index contributed by atoms with van der Waals surface area (Å²) >= 11 is 6.02. The third-order valence-electron chi connectivity index (χ3n) is 2.45. The van der Waals surface area contributed by atoms with E-state index in [1.807, 2.05) is 19.9 Å². The number of amides is 1. The Balaban J connectivity index is 2.79. The molecule has 1 aromatic rings. The summed E-state index contributed by atoms with van der Waals surface area (Å²) in [7, 11) is 0. The molecule has 90 valence electrons. The predicted molar refractivity (Wildman–Crippen MR) is 71.2 cm³/mol. The third-order valence-corrected chi connectivity index (χ3v) is 2.77. The van der Waals surface area contributed by atoms with E-state index in [1.54, 1.807) is 12.1 Å². The van der Waals surface area contributed by atoms with Crippen molar-refractivity contribution in [2.75, 3.05) is 0 Å². The molecule has 0 aliphatic rings. The Morgan fingerprint density at radius 2 is 2.29 bits per heavy atom. The van der Waals surface area contributed by atoms with Gasteiger partial charge in [0.1, 0.15) is 0 Å². The number of nitrogens with one attached hydrogen (secondary N) is 1. The Morgan fingerprint density at radius 1 is 1.59 bits per heavy atom. The largest absolute Gasteiger partial charge is 0.338 e. The third kappa shape index (κ3) is 3.80. The second-order valence-electron chi connectivity index (χ2n) is 3.96. The van der Waals surface area contributed by atoms with E-state index in [4.69, 9.17) is 18.0 Å². The molecule has 1 amide bonds. The number of terminal acetylenes is 1. The van der Waals surface area contributed by atoms with Crippen molar-refractivity contribution in [3.05, 3.63) is 34.3 Å². The van der Waals surface area contributed by atoms with Gasteiger partial charge in [-0.15, -0.1) is 6.42 Å². The lowest BCUT2D eigenvalue weighted by molar-refractivity contribution is 0.0944. The average Bonchev–Trinajstić information content (AvgIpc) is 2.28. The minimum absolute atomic E-state index is 0.216. The molecule has 1 rings (SSSR count). The molecule has 0 aliphatic carbocycles. The Kier molecular flexibility index (Phi) is 5.06. The van der Waals surface area contributed by atoms with Crippen molar-refractivity contribution in [3.8, 4) is 12.3 Å². The van der Waals surface area contributed by atoms with Crippen LogP contribution in [0.4, 0.5) is 0 Å². The number of rotatable bonds is 4. The highest BCUT2D eigenvalue weighted by Gasteiger charge is 2.13. The molecule has 0 heterocycles. The van der Waals surface area contributed by atoms with Gasteiger partial charge in [-0.1, -0.05) is 36.9 Å². The van der Waals surface area contributed by atoms with Crippen molar-refractivity contribution in [2.24, 2.45) is 0 Å². The molecule has 1 atom stereocenters. The molecular formula is C14H16ClNO. The van der Waals surface area contributed by atoms with Gasteiger partial charge in [0.2, 0.25) is 0 Å². The molecule has 0 saturated heterocycles. The maximum atomic E-state index is 11.9. The summed E-state index contributed by atoms with van der Waals surface area (Å²) in [5.74, 6) is 2.34. The lowest BCUT2D eigenvalue weighted by atomic mass is 10.1. The quantitative estimate of drug-likeness (QED) is 0.816. The van der Waals surface area contributed by atoms with E-state index in [0.717, 1.165) is 18.4 Å². The van der Waals surface area contributed by atoms with E-state index in [-0.39, 0.29) is 11.9 Å². The molecular weight excluding hydrogens is 234 g/mol. The lowest BCUT2D eigenvalue weighted by Crippen LogP contribution is -2.33. The molecule has 0 spiro atoms. The molecule has 1 unspecified atom stereocenters. The van der Waals surface area contributed by atoms with Crippen molar-refractivity contribution in [2.45, 2.75) is 32.7 Å². The Bertz CT molecular complexity index is 448. The average molecular weight is 250 g/mol. The van der Waals surface area contributed by atoms with Crippen LogP contribution in [-0.4, -0.2) is 11.9 Å². The second-order valence-corrected chi connectivity index (χ2v) is 4.37. The Hall–Kier alpha value is -1.46. The maximum Gasteiger partial charge on any atom is 0.253 e. The van der Waals surface area contributed by atoms with E-state index in [2.05, 4.69) is 11.2 Å². The monoisotopic (exact) mass is 249 g/mol. The highest BCUT2D eigenvalue weighted by Crippen LogP contribution is 2.17. The van der Waals surface area contributed by atoms with Crippen LogP contribution >= 0.6 is 11.6 Å². The zero-order valence-electron chi connectivity index (χ0n) is 10.1. The zero-order valence-corrected chi connectivity index (χ0v) is 10.8. The normalized spacial score (nSPS) is 11.6. The van der Waals surface area contributed by atoms with Crippen LogP contribution in [-0.2, 0) is 0 Å².